The van der Waals surface area contributed by atoms with Crippen LogP contribution in [0.3, 0.4) is 0 Å². The summed E-state index contributed by atoms with van der Waals surface area (Å²) in [5, 5.41) is 20.1. The lowest BCUT2D eigenvalue weighted by Gasteiger charge is -2.21. The first-order valence-corrected chi connectivity index (χ1v) is 12.9. The van der Waals surface area contributed by atoms with Crippen molar-refractivity contribution in [1.29, 1.82) is 0 Å². The maximum Gasteiger partial charge on any atom is 0.490 e. The van der Waals surface area contributed by atoms with Gasteiger partial charge in [-0.25, -0.2) is 14.6 Å². The summed E-state index contributed by atoms with van der Waals surface area (Å²) >= 11 is 0. The average molecular weight is 568 g/mol. The lowest BCUT2D eigenvalue weighted by molar-refractivity contribution is -0.192. The van der Waals surface area contributed by atoms with Crippen LogP contribution in [0, 0.1) is 12.8 Å². The van der Waals surface area contributed by atoms with Gasteiger partial charge in [-0.05, 0) is 72.8 Å². The minimum Gasteiger partial charge on any atom is -0.478 e. The summed E-state index contributed by atoms with van der Waals surface area (Å²) in [5.74, 6) is -2.58. The fourth-order valence-electron chi connectivity index (χ4n) is 4.78. The molecular weight excluding hydrogens is 539 g/mol. The van der Waals surface area contributed by atoms with Crippen molar-refractivity contribution >= 4 is 28.8 Å². The Bertz CT molecular complexity index is 1570. The van der Waals surface area contributed by atoms with E-state index in [-0.39, 0.29) is 11.5 Å². The van der Waals surface area contributed by atoms with Crippen molar-refractivity contribution in [1.82, 2.24) is 15.3 Å². The van der Waals surface area contributed by atoms with Crippen molar-refractivity contribution in [3.05, 3.63) is 77.6 Å². The number of carboxylic acids is 2. The first-order chi connectivity index (χ1) is 19.4. The number of aromatic nitrogens is 2. The zero-order valence-electron chi connectivity index (χ0n) is 22.1. The number of piperidine rings is 1. The van der Waals surface area contributed by atoms with E-state index in [2.05, 4.69) is 27.4 Å². The van der Waals surface area contributed by atoms with Crippen LogP contribution in [-0.4, -0.2) is 57.2 Å². The minimum absolute atomic E-state index is 0.163. The van der Waals surface area contributed by atoms with Crippen molar-refractivity contribution in [3.8, 4) is 22.3 Å². The van der Waals surface area contributed by atoms with Crippen LogP contribution < -0.4 is 5.32 Å². The van der Waals surface area contributed by atoms with Crippen molar-refractivity contribution in [3.63, 3.8) is 0 Å². The van der Waals surface area contributed by atoms with E-state index in [0.29, 0.717) is 29.1 Å². The molecule has 214 valence electrons. The number of nitrogens with zero attached hydrogens (tertiary/aromatic N) is 1. The van der Waals surface area contributed by atoms with Gasteiger partial charge in [-0.1, -0.05) is 48.5 Å². The van der Waals surface area contributed by atoms with E-state index in [1.807, 2.05) is 49.4 Å². The molecule has 0 atom stereocenters. The Morgan fingerprint density at radius 2 is 1.51 bits per heavy atom. The van der Waals surface area contributed by atoms with Gasteiger partial charge in [-0.15, -0.1) is 0 Å². The van der Waals surface area contributed by atoms with E-state index in [1.165, 1.54) is 0 Å². The number of aryl methyl sites for hydroxylation is 1. The molecule has 0 bridgehead atoms. The van der Waals surface area contributed by atoms with E-state index in [0.717, 1.165) is 53.7 Å². The molecule has 0 radical (unpaired) electrons. The quantitative estimate of drug-likeness (QED) is 0.237. The maximum atomic E-state index is 12.7. The molecule has 0 unspecified atom stereocenters. The van der Waals surface area contributed by atoms with Gasteiger partial charge >= 0.3 is 18.1 Å². The van der Waals surface area contributed by atoms with Crippen LogP contribution in [0.4, 0.5) is 13.2 Å². The molecule has 0 aliphatic carbocycles. The number of imidazole rings is 1. The molecule has 8 nitrogen and oxygen atoms in total. The zero-order valence-corrected chi connectivity index (χ0v) is 22.1. The average Bonchev–Trinajstić information content (AvgIpc) is 3.33. The van der Waals surface area contributed by atoms with Crippen molar-refractivity contribution in [2.45, 2.75) is 32.4 Å². The molecule has 2 heterocycles. The molecule has 1 aliphatic heterocycles. The lowest BCUT2D eigenvalue weighted by atomic mass is 9.89. The number of hydrogen-bond acceptors (Lipinski definition) is 5. The molecule has 11 heteroatoms. The highest BCUT2D eigenvalue weighted by Gasteiger charge is 2.38. The molecule has 4 aromatic rings. The predicted molar refractivity (Wildman–Crippen MR) is 147 cm³/mol. The second kappa shape index (κ2) is 12.3. The van der Waals surface area contributed by atoms with E-state index >= 15 is 0 Å². The van der Waals surface area contributed by atoms with Crippen molar-refractivity contribution in [2.75, 3.05) is 13.1 Å². The topological polar surface area (TPSA) is 132 Å². The largest absolute Gasteiger partial charge is 0.490 e. The number of aromatic carboxylic acids is 1. The van der Waals surface area contributed by atoms with Crippen LogP contribution in [0.1, 0.15) is 34.6 Å². The summed E-state index contributed by atoms with van der Waals surface area (Å²) in [4.78, 5) is 40.8. The number of aromatic amines is 1. The number of benzene rings is 3. The van der Waals surface area contributed by atoms with Gasteiger partial charge in [-0.3, -0.25) is 4.79 Å². The highest BCUT2D eigenvalue weighted by atomic mass is 19.4. The summed E-state index contributed by atoms with van der Waals surface area (Å²) in [6, 6.07) is 19.8. The molecule has 0 amide bonds. The third-order valence-electron chi connectivity index (χ3n) is 6.83. The Balaban J connectivity index is 0.000000493. The smallest absolute Gasteiger partial charge is 0.478 e. The normalized spacial score (nSPS) is 13.9. The van der Waals surface area contributed by atoms with Crippen LogP contribution in [-0.2, 0) is 16.0 Å². The number of rotatable bonds is 6. The monoisotopic (exact) mass is 567 g/mol. The number of nitrogens with one attached hydrogen (secondary N) is 2. The molecule has 4 N–H and O–H groups in total. The summed E-state index contributed by atoms with van der Waals surface area (Å²) < 4.78 is 31.7. The first kappa shape index (κ1) is 29.5. The van der Waals surface area contributed by atoms with Crippen LogP contribution in [0.2, 0.25) is 0 Å². The number of Topliss-reactive ketones (excluding diaryl/α,β-unsaturated/α-hetero) is 1. The van der Waals surface area contributed by atoms with E-state index < -0.39 is 18.1 Å². The Morgan fingerprint density at radius 1 is 0.902 bits per heavy atom. The van der Waals surface area contributed by atoms with E-state index in [9.17, 15) is 27.9 Å². The highest BCUT2D eigenvalue weighted by molar-refractivity contribution is 6.03. The van der Waals surface area contributed by atoms with Crippen LogP contribution >= 0.6 is 0 Å². The molecule has 1 fully saturated rings. The number of alkyl halides is 3. The summed E-state index contributed by atoms with van der Waals surface area (Å²) in [6.07, 6.45) is -2.76. The molecule has 1 saturated heterocycles. The molecule has 41 heavy (non-hydrogen) atoms. The molecule has 1 aliphatic rings. The SMILES string of the molecule is Cc1nc2c(C(=O)O)cc(-c3ccc(-c4cccc(CC(=O)C5CCNCC5)c4)cc3)cc2[nH]1.O=C(O)C(F)(F)F. The molecule has 0 spiro atoms. The predicted octanol–water partition coefficient (Wildman–Crippen LogP) is 5.65. The van der Waals surface area contributed by atoms with Gasteiger partial charge in [0, 0.05) is 12.3 Å². The Labute approximate surface area is 233 Å². The Hall–Kier alpha value is -4.51. The number of carboxylic acid groups (broad SMARTS) is 2. The summed E-state index contributed by atoms with van der Waals surface area (Å²) in [5.41, 5.74) is 6.27. The standard InChI is InChI=1S/C28H27N3O3.C2HF3O2/c1-17-30-25-16-23(15-24(28(33)34)27(25)31-17)20-7-5-19(6-8-20)22-4-2-3-18(13-22)14-26(32)21-9-11-29-12-10-21;3-2(4,5)1(6)7/h2-8,13,15-16,21,29H,9-12,14H2,1H3,(H,30,31)(H,33,34);(H,6,7). The third-order valence-corrected chi connectivity index (χ3v) is 6.83. The van der Waals surface area contributed by atoms with Crippen LogP contribution in [0.5, 0.6) is 0 Å². The number of halogens is 3. The fourth-order valence-corrected chi connectivity index (χ4v) is 4.78. The fraction of sp³-hybridized carbons (Fsp3) is 0.267. The third kappa shape index (κ3) is 7.37. The van der Waals surface area contributed by atoms with Gasteiger partial charge in [-0.2, -0.15) is 13.2 Å². The molecule has 3 aromatic carbocycles. The van der Waals surface area contributed by atoms with Crippen LogP contribution in [0.25, 0.3) is 33.3 Å². The van der Waals surface area contributed by atoms with Crippen molar-refractivity contribution < 1.29 is 37.8 Å². The number of fused-ring (bicyclic) bond motifs is 1. The second-order valence-electron chi connectivity index (χ2n) is 9.80. The zero-order chi connectivity index (χ0) is 29.7. The number of carbonyl (C=O) groups excluding carboxylic acids is 1. The number of ketones is 1. The van der Waals surface area contributed by atoms with E-state index in [4.69, 9.17) is 9.90 Å². The van der Waals surface area contributed by atoms with E-state index in [1.54, 1.807) is 6.07 Å². The number of aliphatic carboxylic acids is 1. The number of carbonyl (C=O) groups is 3. The second-order valence-corrected chi connectivity index (χ2v) is 9.80. The number of hydrogen-bond donors (Lipinski definition) is 4. The van der Waals surface area contributed by atoms with Gasteiger partial charge in [0.2, 0.25) is 0 Å². The summed E-state index contributed by atoms with van der Waals surface area (Å²) in [6.45, 7) is 3.65. The molecule has 0 saturated carbocycles. The lowest BCUT2D eigenvalue weighted by Crippen LogP contribution is -2.32. The van der Waals surface area contributed by atoms with Gasteiger partial charge < -0.3 is 20.5 Å². The van der Waals surface area contributed by atoms with Gasteiger partial charge in [0.1, 0.15) is 17.1 Å². The summed E-state index contributed by atoms with van der Waals surface area (Å²) in [7, 11) is 0. The minimum atomic E-state index is -5.08. The van der Waals surface area contributed by atoms with Gasteiger partial charge in [0.25, 0.3) is 0 Å². The van der Waals surface area contributed by atoms with Crippen LogP contribution in [0.15, 0.2) is 60.7 Å². The van der Waals surface area contributed by atoms with Crippen molar-refractivity contribution in [2.24, 2.45) is 5.92 Å². The Morgan fingerprint density at radius 3 is 2.10 bits per heavy atom. The molecule has 1 aromatic heterocycles. The highest BCUT2D eigenvalue weighted by Crippen LogP contribution is 2.30. The molecular formula is C30H28F3N3O5. The first-order valence-electron chi connectivity index (χ1n) is 12.9. The Kier molecular flexibility index (Phi) is 8.87. The molecule has 5 rings (SSSR count). The van der Waals surface area contributed by atoms with Gasteiger partial charge in [0.05, 0.1) is 11.1 Å². The number of H-pyrrole nitrogens is 1. The van der Waals surface area contributed by atoms with Gasteiger partial charge in [0.15, 0.2) is 0 Å². The maximum absolute atomic E-state index is 12.7.